The first-order valence-corrected chi connectivity index (χ1v) is 27.8. The molecule has 370 valence electrons. The highest BCUT2D eigenvalue weighted by Gasteiger charge is 2.27. The molecule has 0 heterocycles. The minimum atomic E-state index is -4.42. The molecule has 0 saturated carbocycles. The molecule has 4 atom stereocenters. The van der Waals surface area contributed by atoms with Gasteiger partial charge in [-0.2, -0.15) is 0 Å². The number of nitrogens with two attached hydrogens (primary N) is 1. The van der Waals surface area contributed by atoms with Crippen molar-refractivity contribution in [1.82, 2.24) is 5.32 Å². The van der Waals surface area contributed by atoms with Crippen LogP contribution in [0.2, 0.25) is 0 Å². The molecule has 0 spiro atoms. The average Bonchev–Trinajstić information content (AvgIpc) is 3.26. The van der Waals surface area contributed by atoms with E-state index in [1.54, 1.807) is 6.08 Å². The lowest BCUT2D eigenvalue weighted by atomic mass is 10.0. The third-order valence-corrected chi connectivity index (χ3v) is 12.6. The molecule has 0 radical (unpaired) electrons. The van der Waals surface area contributed by atoms with Crippen LogP contribution in [0.5, 0.6) is 0 Å². The van der Waals surface area contributed by atoms with E-state index in [0.29, 0.717) is 12.8 Å². The van der Waals surface area contributed by atoms with E-state index in [2.05, 4.69) is 55.6 Å². The number of carbonyl (C=O) groups excluding carboxylic acids is 1. The Morgan fingerprint density at radius 2 is 0.905 bits per heavy atom. The van der Waals surface area contributed by atoms with Crippen LogP contribution in [0.1, 0.15) is 245 Å². The molecule has 0 saturated heterocycles. The van der Waals surface area contributed by atoms with Gasteiger partial charge in [0.25, 0.3) is 0 Å². The SMILES string of the molecule is CCCCCCCCCCCCC/C=C\CCCCCCCC(O)CC(=O)NC(COP(=O)(O)OCCN)C(O)/C=C/CC/C=C/CC/C=C/CCCCCCCCCCCCC. The summed E-state index contributed by atoms with van der Waals surface area (Å²) in [6.07, 6.45) is 57.8. The highest BCUT2D eigenvalue weighted by molar-refractivity contribution is 7.47. The third kappa shape index (κ3) is 46.7. The number of phosphoric ester groups is 1. The summed E-state index contributed by atoms with van der Waals surface area (Å²) in [7, 11) is -4.42. The number of rotatable bonds is 49. The Bertz CT molecular complexity index is 1150. The Hall–Kier alpha value is -1.58. The fraction of sp³-hybridized carbons (Fsp3) is 0.830. The normalized spacial score (nSPS) is 14.7. The van der Waals surface area contributed by atoms with Crippen LogP contribution < -0.4 is 11.1 Å². The number of amides is 1. The van der Waals surface area contributed by atoms with E-state index in [0.717, 1.165) is 57.8 Å². The van der Waals surface area contributed by atoms with Gasteiger partial charge in [-0.15, -0.1) is 0 Å². The lowest BCUT2D eigenvalue weighted by Crippen LogP contribution is -2.46. The maximum absolute atomic E-state index is 12.9. The Morgan fingerprint density at radius 1 is 0.540 bits per heavy atom. The fourth-order valence-corrected chi connectivity index (χ4v) is 8.43. The quantitative estimate of drug-likeness (QED) is 0.0230. The van der Waals surface area contributed by atoms with Gasteiger partial charge in [0.1, 0.15) is 0 Å². The summed E-state index contributed by atoms with van der Waals surface area (Å²) < 4.78 is 22.2. The van der Waals surface area contributed by atoms with Crippen molar-refractivity contribution in [3.63, 3.8) is 0 Å². The van der Waals surface area contributed by atoms with Gasteiger partial charge >= 0.3 is 7.82 Å². The summed E-state index contributed by atoms with van der Waals surface area (Å²) in [6.45, 7) is 3.97. The third-order valence-electron chi connectivity index (χ3n) is 11.7. The minimum absolute atomic E-state index is 0.0405. The maximum atomic E-state index is 12.9. The number of hydrogen-bond donors (Lipinski definition) is 5. The van der Waals surface area contributed by atoms with Crippen LogP contribution >= 0.6 is 7.82 Å². The Balaban J connectivity index is 4.27. The lowest BCUT2D eigenvalue weighted by Gasteiger charge is -2.24. The smallest absolute Gasteiger partial charge is 0.393 e. The van der Waals surface area contributed by atoms with Crippen LogP contribution in [0.25, 0.3) is 0 Å². The second-order valence-corrected chi connectivity index (χ2v) is 19.4. The van der Waals surface area contributed by atoms with Crippen LogP contribution in [0.4, 0.5) is 0 Å². The van der Waals surface area contributed by atoms with Crippen LogP contribution in [0, 0.1) is 0 Å². The molecule has 9 nitrogen and oxygen atoms in total. The van der Waals surface area contributed by atoms with E-state index in [4.69, 9.17) is 14.8 Å². The zero-order chi connectivity index (χ0) is 46.2. The van der Waals surface area contributed by atoms with Crippen molar-refractivity contribution in [2.24, 2.45) is 5.73 Å². The van der Waals surface area contributed by atoms with Gasteiger partial charge in [-0.3, -0.25) is 13.8 Å². The molecular formula is C53H101N2O7P. The monoisotopic (exact) mass is 909 g/mol. The lowest BCUT2D eigenvalue weighted by molar-refractivity contribution is -0.124. The molecule has 0 aliphatic rings. The Kier molecular flexibility index (Phi) is 47.1. The van der Waals surface area contributed by atoms with Crippen LogP contribution in [-0.4, -0.2) is 59.0 Å². The Labute approximate surface area is 388 Å². The first-order chi connectivity index (χ1) is 30.8. The first kappa shape index (κ1) is 61.4. The van der Waals surface area contributed by atoms with Crippen molar-refractivity contribution in [3.8, 4) is 0 Å². The van der Waals surface area contributed by atoms with E-state index in [1.165, 1.54) is 154 Å². The molecule has 0 aromatic rings. The van der Waals surface area contributed by atoms with Crippen LogP contribution in [-0.2, 0) is 18.4 Å². The molecule has 10 heteroatoms. The Morgan fingerprint density at radius 3 is 1.32 bits per heavy atom. The van der Waals surface area contributed by atoms with Gasteiger partial charge in [0.05, 0.1) is 37.9 Å². The van der Waals surface area contributed by atoms with Gasteiger partial charge in [0.2, 0.25) is 5.91 Å². The maximum Gasteiger partial charge on any atom is 0.472 e. The number of allylic oxidation sites excluding steroid dienone is 7. The zero-order valence-electron chi connectivity index (χ0n) is 40.9. The molecular weight excluding hydrogens is 808 g/mol. The van der Waals surface area contributed by atoms with Gasteiger partial charge in [-0.25, -0.2) is 4.57 Å². The summed E-state index contributed by atoms with van der Waals surface area (Å²) in [5.74, 6) is -0.463. The molecule has 1 amide bonds. The zero-order valence-corrected chi connectivity index (χ0v) is 41.8. The van der Waals surface area contributed by atoms with E-state index in [-0.39, 0.29) is 19.6 Å². The standard InChI is InChI=1S/C53H101N2O7P/c1-3-5-7-9-11-13-15-17-19-21-23-25-27-29-31-33-35-37-39-41-43-45-52(57)51(49-62-63(59,60)61-47-46-54)55-53(58)48-50(56)44-42-40-38-36-34-32-30-28-26-24-22-20-18-16-14-12-10-8-6-4-2/h27-30,35,37,43,45,50-52,56-57H,3-26,31-34,36,38-42,44,46-49,54H2,1-2H3,(H,55,58)(H,59,60)/b29-27+,30-28-,37-35+,45-43+. The van der Waals surface area contributed by atoms with Gasteiger partial charge in [0, 0.05) is 6.54 Å². The number of carbonyl (C=O) groups is 1. The number of hydrogen-bond acceptors (Lipinski definition) is 7. The topological polar surface area (TPSA) is 151 Å². The minimum Gasteiger partial charge on any atom is -0.393 e. The second-order valence-electron chi connectivity index (χ2n) is 17.9. The number of aliphatic hydroxyl groups excluding tert-OH is 2. The molecule has 0 fully saturated rings. The predicted octanol–water partition coefficient (Wildman–Crippen LogP) is 14.6. The predicted molar refractivity (Wildman–Crippen MR) is 269 cm³/mol. The van der Waals surface area contributed by atoms with Gasteiger partial charge in [-0.1, -0.05) is 217 Å². The number of unbranched alkanes of at least 4 members (excludes halogenated alkanes) is 29. The van der Waals surface area contributed by atoms with E-state index < -0.39 is 38.6 Å². The molecule has 0 rings (SSSR count). The molecule has 0 aliphatic heterocycles. The molecule has 0 aliphatic carbocycles. The summed E-state index contributed by atoms with van der Waals surface area (Å²) in [6, 6.07) is -1.01. The summed E-state index contributed by atoms with van der Waals surface area (Å²) in [4.78, 5) is 22.9. The van der Waals surface area contributed by atoms with Crippen molar-refractivity contribution < 1.29 is 33.5 Å². The molecule has 0 aromatic carbocycles. The molecule has 6 N–H and O–H groups in total. The van der Waals surface area contributed by atoms with Gasteiger partial charge in [0.15, 0.2) is 0 Å². The number of phosphoric acid groups is 1. The van der Waals surface area contributed by atoms with Crippen LogP contribution in [0.15, 0.2) is 48.6 Å². The molecule has 0 aromatic heterocycles. The largest absolute Gasteiger partial charge is 0.472 e. The fourth-order valence-electron chi connectivity index (χ4n) is 7.67. The second kappa shape index (κ2) is 48.4. The first-order valence-electron chi connectivity index (χ1n) is 26.3. The summed E-state index contributed by atoms with van der Waals surface area (Å²) >= 11 is 0. The summed E-state index contributed by atoms with van der Waals surface area (Å²) in [5, 5.41) is 24.2. The van der Waals surface area contributed by atoms with Gasteiger partial charge in [-0.05, 0) is 70.6 Å². The van der Waals surface area contributed by atoms with Crippen molar-refractivity contribution in [3.05, 3.63) is 48.6 Å². The van der Waals surface area contributed by atoms with Crippen molar-refractivity contribution >= 4 is 13.7 Å². The van der Waals surface area contributed by atoms with E-state index in [1.807, 2.05) is 6.08 Å². The van der Waals surface area contributed by atoms with Crippen LogP contribution in [0.3, 0.4) is 0 Å². The highest BCUT2D eigenvalue weighted by atomic mass is 31.2. The number of aliphatic hydroxyl groups is 2. The molecule has 63 heavy (non-hydrogen) atoms. The summed E-state index contributed by atoms with van der Waals surface area (Å²) in [5.41, 5.74) is 5.38. The average molecular weight is 909 g/mol. The van der Waals surface area contributed by atoms with E-state index >= 15 is 0 Å². The number of nitrogens with one attached hydrogen (secondary N) is 1. The van der Waals surface area contributed by atoms with Crippen molar-refractivity contribution in [1.29, 1.82) is 0 Å². The highest BCUT2D eigenvalue weighted by Crippen LogP contribution is 2.43. The van der Waals surface area contributed by atoms with Gasteiger partial charge < -0.3 is 26.2 Å². The molecule has 0 bridgehead atoms. The van der Waals surface area contributed by atoms with Crippen molar-refractivity contribution in [2.45, 2.75) is 263 Å². The van der Waals surface area contributed by atoms with E-state index in [9.17, 15) is 24.5 Å². The van der Waals surface area contributed by atoms with Crippen molar-refractivity contribution in [2.75, 3.05) is 19.8 Å². The molecule has 4 unspecified atom stereocenters.